The van der Waals surface area contributed by atoms with Crippen LogP contribution in [0, 0.1) is 23.6 Å². The Morgan fingerprint density at radius 2 is 1.31 bits per heavy atom. The SMILES string of the molecule is C/C=C/CCc1ccc2cc(C3CCC(CCC4CCC(CC/C=C/C)CC4)CC3)ccc2c1F. The van der Waals surface area contributed by atoms with E-state index >= 15 is 4.39 Å². The first-order valence-electron chi connectivity index (χ1n) is 14.6. The lowest BCUT2D eigenvalue weighted by molar-refractivity contribution is 0.225. The summed E-state index contributed by atoms with van der Waals surface area (Å²) in [5, 5.41) is 1.86. The minimum Gasteiger partial charge on any atom is -0.206 e. The van der Waals surface area contributed by atoms with Gasteiger partial charge in [-0.05, 0) is 105 Å². The smallest absolute Gasteiger partial charge is 0.134 e. The standard InChI is InChI=1S/C34H47F/c1-3-5-7-9-26-11-13-27(14-12-26)15-16-28-17-19-29(20-18-28)31-23-24-33-32(25-31)22-21-30(34(33)35)10-8-6-4-2/h3-6,21-29H,7-20H2,1-2H3/b5-3+,6-4+. The second-order valence-corrected chi connectivity index (χ2v) is 11.5. The third-order valence-corrected chi connectivity index (χ3v) is 9.12. The summed E-state index contributed by atoms with van der Waals surface area (Å²) in [6.07, 6.45) is 27.2. The zero-order valence-corrected chi connectivity index (χ0v) is 22.3. The average molecular weight is 475 g/mol. The van der Waals surface area contributed by atoms with Gasteiger partial charge in [0, 0.05) is 5.39 Å². The van der Waals surface area contributed by atoms with E-state index < -0.39 is 0 Å². The molecular weight excluding hydrogens is 427 g/mol. The Balaban J connectivity index is 1.23. The van der Waals surface area contributed by atoms with Crippen molar-refractivity contribution in [2.75, 3.05) is 0 Å². The van der Waals surface area contributed by atoms with Gasteiger partial charge in [-0.1, -0.05) is 93.2 Å². The third-order valence-electron chi connectivity index (χ3n) is 9.12. The fourth-order valence-corrected chi connectivity index (χ4v) is 6.77. The largest absolute Gasteiger partial charge is 0.206 e. The van der Waals surface area contributed by atoms with Gasteiger partial charge < -0.3 is 0 Å². The molecule has 2 saturated carbocycles. The van der Waals surface area contributed by atoms with Crippen molar-refractivity contribution >= 4 is 10.8 Å². The number of hydrogen-bond acceptors (Lipinski definition) is 0. The van der Waals surface area contributed by atoms with Crippen LogP contribution in [0.1, 0.15) is 114 Å². The highest BCUT2D eigenvalue weighted by Gasteiger charge is 2.25. The van der Waals surface area contributed by atoms with Gasteiger partial charge in [-0.25, -0.2) is 4.39 Å². The van der Waals surface area contributed by atoms with Crippen molar-refractivity contribution < 1.29 is 4.39 Å². The Hall–Kier alpha value is -1.89. The zero-order valence-electron chi connectivity index (χ0n) is 22.3. The van der Waals surface area contributed by atoms with Gasteiger partial charge in [0.05, 0.1) is 0 Å². The summed E-state index contributed by atoms with van der Waals surface area (Å²) in [6.45, 7) is 4.15. The third kappa shape index (κ3) is 7.31. The van der Waals surface area contributed by atoms with Crippen LogP contribution >= 0.6 is 0 Å². The predicted molar refractivity (Wildman–Crippen MR) is 150 cm³/mol. The number of fused-ring (bicyclic) bond motifs is 1. The van der Waals surface area contributed by atoms with E-state index in [9.17, 15) is 0 Å². The molecule has 0 N–H and O–H groups in total. The first kappa shape index (κ1) is 26.2. The van der Waals surface area contributed by atoms with Crippen molar-refractivity contribution in [3.05, 3.63) is 71.6 Å². The maximum atomic E-state index is 15.0. The van der Waals surface area contributed by atoms with Gasteiger partial charge in [0.15, 0.2) is 0 Å². The van der Waals surface area contributed by atoms with Crippen LogP contribution in [0.5, 0.6) is 0 Å². The molecule has 190 valence electrons. The molecule has 0 heterocycles. The Morgan fingerprint density at radius 3 is 1.97 bits per heavy atom. The molecule has 0 spiro atoms. The lowest BCUT2D eigenvalue weighted by atomic mass is 9.74. The van der Waals surface area contributed by atoms with Crippen LogP contribution in [0.4, 0.5) is 4.39 Å². The molecule has 0 atom stereocenters. The fourth-order valence-electron chi connectivity index (χ4n) is 6.77. The van der Waals surface area contributed by atoms with Gasteiger partial charge in [-0.2, -0.15) is 0 Å². The van der Waals surface area contributed by atoms with E-state index in [1.54, 1.807) is 0 Å². The Labute approximate surface area is 214 Å². The van der Waals surface area contributed by atoms with Gasteiger partial charge >= 0.3 is 0 Å². The number of aryl methyl sites for hydroxylation is 1. The van der Waals surface area contributed by atoms with E-state index in [1.165, 1.54) is 82.6 Å². The second-order valence-electron chi connectivity index (χ2n) is 11.5. The van der Waals surface area contributed by atoms with E-state index in [0.29, 0.717) is 5.92 Å². The second kappa shape index (κ2) is 13.4. The molecule has 4 rings (SSSR count). The summed E-state index contributed by atoms with van der Waals surface area (Å²) < 4.78 is 15.0. The summed E-state index contributed by atoms with van der Waals surface area (Å²) in [5.41, 5.74) is 2.26. The number of benzene rings is 2. The van der Waals surface area contributed by atoms with Gasteiger partial charge in [0.25, 0.3) is 0 Å². The topological polar surface area (TPSA) is 0 Å². The average Bonchev–Trinajstić information content (AvgIpc) is 2.90. The first-order valence-corrected chi connectivity index (χ1v) is 14.6. The van der Waals surface area contributed by atoms with Crippen LogP contribution in [-0.2, 0) is 6.42 Å². The number of hydrogen-bond donors (Lipinski definition) is 0. The molecule has 35 heavy (non-hydrogen) atoms. The van der Waals surface area contributed by atoms with E-state index in [0.717, 1.165) is 46.9 Å². The summed E-state index contributed by atoms with van der Waals surface area (Å²) in [7, 11) is 0. The molecule has 0 unspecified atom stereocenters. The van der Waals surface area contributed by atoms with Crippen molar-refractivity contribution in [3.8, 4) is 0 Å². The molecule has 0 saturated heterocycles. The van der Waals surface area contributed by atoms with E-state index in [4.69, 9.17) is 0 Å². The molecule has 2 aromatic carbocycles. The number of halogens is 1. The molecular formula is C34H47F. The highest BCUT2D eigenvalue weighted by atomic mass is 19.1. The highest BCUT2D eigenvalue weighted by Crippen LogP contribution is 2.41. The van der Waals surface area contributed by atoms with Crippen molar-refractivity contribution in [1.82, 2.24) is 0 Å². The molecule has 0 aromatic heterocycles. The lowest BCUT2D eigenvalue weighted by Gasteiger charge is -2.32. The van der Waals surface area contributed by atoms with E-state index in [2.05, 4.69) is 43.4 Å². The number of rotatable bonds is 10. The molecule has 2 aliphatic carbocycles. The van der Waals surface area contributed by atoms with Gasteiger partial charge in [0.1, 0.15) is 5.82 Å². The van der Waals surface area contributed by atoms with E-state index in [1.807, 2.05) is 25.1 Å². The molecule has 0 aliphatic heterocycles. The minimum absolute atomic E-state index is 0.0194. The zero-order chi connectivity index (χ0) is 24.5. The van der Waals surface area contributed by atoms with Gasteiger partial charge in [-0.15, -0.1) is 0 Å². The van der Waals surface area contributed by atoms with Crippen LogP contribution in [0.3, 0.4) is 0 Å². The molecule has 0 bridgehead atoms. The van der Waals surface area contributed by atoms with Crippen molar-refractivity contribution in [3.63, 3.8) is 0 Å². The fraction of sp³-hybridized carbons (Fsp3) is 0.588. The van der Waals surface area contributed by atoms with Crippen molar-refractivity contribution in [1.29, 1.82) is 0 Å². The van der Waals surface area contributed by atoms with E-state index in [-0.39, 0.29) is 5.82 Å². The lowest BCUT2D eigenvalue weighted by Crippen LogP contribution is -2.17. The Morgan fingerprint density at radius 1 is 0.714 bits per heavy atom. The molecule has 1 heteroatoms. The van der Waals surface area contributed by atoms with Crippen LogP contribution in [0.15, 0.2) is 54.6 Å². The number of allylic oxidation sites excluding steroid dienone is 4. The molecule has 0 nitrogen and oxygen atoms in total. The maximum absolute atomic E-state index is 15.0. The first-order chi connectivity index (χ1) is 17.2. The Bertz CT molecular complexity index is 967. The Kier molecular flexibility index (Phi) is 10.0. The molecule has 2 fully saturated rings. The van der Waals surface area contributed by atoms with Crippen LogP contribution in [-0.4, -0.2) is 0 Å². The summed E-state index contributed by atoms with van der Waals surface area (Å²) in [5.74, 6) is 3.54. The summed E-state index contributed by atoms with van der Waals surface area (Å²) in [4.78, 5) is 0. The predicted octanol–water partition coefficient (Wildman–Crippen LogP) is 10.7. The highest BCUT2D eigenvalue weighted by molar-refractivity contribution is 5.84. The monoisotopic (exact) mass is 474 g/mol. The van der Waals surface area contributed by atoms with Gasteiger partial charge in [0.2, 0.25) is 0 Å². The summed E-state index contributed by atoms with van der Waals surface area (Å²) in [6, 6.07) is 10.7. The maximum Gasteiger partial charge on any atom is 0.134 e. The minimum atomic E-state index is -0.0194. The summed E-state index contributed by atoms with van der Waals surface area (Å²) >= 11 is 0. The van der Waals surface area contributed by atoms with Crippen molar-refractivity contribution in [2.24, 2.45) is 17.8 Å². The molecule has 2 aliphatic rings. The quantitative estimate of drug-likeness (QED) is 0.300. The van der Waals surface area contributed by atoms with Gasteiger partial charge in [-0.3, -0.25) is 0 Å². The van der Waals surface area contributed by atoms with Crippen LogP contribution in [0.2, 0.25) is 0 Å². The van der Waals surface area contributed by atoms with Crippen LogP contribution in [0.25, 0.3) is 10.8 Å². The molecule has 0 radical (unpaired) electrons. The van der Waals surface area contributed by atoms with Crippen LogP contribution < -0.4 is 0 Å². The normalized spacial score (nSPS) is 25.7. The van der Waals surface area contributed by atoms with Crippen molar-refractivity contribution in [2.45, 2.75) is 110 Å². The molecule has 2 aromatic rings. The molecule has 0 amide bonds.